The molecule has 0 spiro atoms. The monoisotopic (exact) mass is 398 g/mol. The maximum absolute atomic E-state index is 13.3. The molecule has 0 unspecified atom stereocenters. The molecule has 7 nitrogen and oxygen atoms in total. The molecule has 0 radical (unpaired) electrons. The Bertz CT molecular complexity index is 1050. The van der Waals surface area contributed by atoms with E-state index < -0.39 is 17.8 Å². The largest absolute Gasteiger partial charge is 0.497 e. The van der Waals surface area contributed by atoms with Crippen molar-refractivity contribution in [1.82, 2.24) is 9.47 Å². The first-order chi connectivity index (χ1) is 14.0. The summed E-state index contributed by atoms with van der Waals surface area (Å²) in [5, 5.41) is 12.1. The number of rotatable bonds is 3. The van der Waals surface area contributed by atoms with Gasteiger partial charge in [0.25, 0.3) is 0 Å². The topological polar surface area (TPSA) is 73.2 Å². The highest BCUT2D eigenvalue weighted by Crippen LogP contribution is 2.67. The minimum Gasteiger partial charge on any atom is -0.497 e. The Balaban J connectivity index is 1.75. The van der Waals surface area contributed by atoms with Crippen molar-refractivity contribution in [3.05, 3.63) is 29.5 Å². The molecule has 29 heavy (non-hydrogen) atoms. The van der Waals surface area contributed by atoms with Gasteiger partial charge in [0.2, 0.25) is 5.72 Å². The van der Waals surface area contributed by atoms with Crippen molar-refractivity contribution in [1.29, 1.82) is 0 Å². The molecule has 7 heteroatoms. The first-order valence-electron chi connectivity index (χ1n) is 10.4. The van der Waals surface area contributed by atoms with E-state index in [1.165, 1.54) is 12.7 Å². The van der Waals surface area contributed by atoms with Gasteiger partial charge in [0.1, 0.15) is 5.75 Å². The van der Waals surface area contributed by atoms with Crippen LogP contribution in [0.25, 0.3) is 10.9 Å². The molecule has 154 valence electrons. The second-order valence-electron chi connectivity index (χ2n) is 8.88. The van der Waals surface area contributed by atoms with Gasteiger partial charge in [0, 0.05) is 42.1 Å². The predicted octanol–water partition coefficient (Wildman–Crippen LogP) is 1.95. The summed E-state index contributed by atoms with van der Waals surface area (Å²) in [4.78, 5) is 15.7. The molecule has 5 atom stereocenters. The minimum atomic E-state index is -1.25. The van der Waals surface area contributed by atoms with Crippen LogP contribution in [-0.4, -0.2) is 60.1 Å². The molecule has 1 aromatic carbocycles. The average molecular weight is 398 g/mol. The van der Waals surface area contributed by atoms with Crippen LogP contribution >= 0.6 is 0 Å². The molecule has 1 N–H and O–H groups in total. The van der Waals surface area contributed by atoms with Crippen molar-refractivity contribution in [2.75, 3.05) is 27.3 Å². The zero-order chi connectivity index (χ0) is 20.1. The van der Waals surface area contributed by atoms with Crippen LogP contribution in [0, 0.1) is 5.41 Å². The summed E-state index contributed by atoms with van der Waals surface area (Å²) >= 11 is 0. The summed E-state index contributed by atoms with van der Waals surface area (Å²) in [5.41, 5.74) is 1.82. The number of esters is 1. The van der Waals surface area contributed by atoms with Crippen molar-refractivity contribution in [2.24, 2.45) is 5.41 Å². The number of piperidine rings is 1. The van der Waals surface area contributed by atoms with Crippen LogP contribution in [0.5, 0.6) is 5.75 Å². The third-order valence-electron chi connectivity index (χ3n) is 7.89. The molecule has 6 rings (SSSR count). The average Bonchev–Trinajstić information content (AvgIpc) is 3.25. The van der Waals surface area contributed by atoms with E-state index in [-0.39, 0.29) is 17.6 Å². The van der Waals surface area contributed by atoms with Crippen molar-refractivity contribution in [2.45, 2.75) is 50.2 Å². The van der Waals surface area contributed by atoms with E-state index in [2.05, 4.69) is 22.5 Å². The lowest BCUT2D eigenvalue weighted by Crippen LogP contribution is -2.61. The lowest BCUT2D eigenvalue weighted by molar-refractivity contribution is -0.191. The van der Waals surface area contributed by atoms with Crippen LogP contribution < -0.4 is 4.74 Å². The smallest absolute Gasteiger partial charge is 0.360 e. The molecule has 1 aromatic heterocycles. The number of aromatic nitrogens is 1. The number of benzene rings is 1. The summed E-state index contributed by atoms with van der Waals surface area (Å²) in [6.45, 7) is 3.62. The highest BCUT2D eigenvalue weighted by Gasteiger charge is 2.72. The first kappa shape index (κ1) is 17.7. The zero-order valence-electron chi connectivity index (χ0n) is 17.0. The molecule has 0 saturated carbocycles. The second-order valence-corrected chi connectivity index (χ2v) is 8.88. The molecular formula is C22H26N2O5. The molecule has 2 aromatic rings. The highest BCUT2D eigenvalue weighted by molar-refractivity contribution is 5.91. The van der Waals surface area contributed by atoms with E-state index >= 15 is 0 Å². The molecule has 4 aliphatic heterocycles. The summed E-state index contributed by atoms with van der Waals surface area (Å²) < 4.78 is 19.4. The van der Waals surface area contributed by atoms with E-state index in [1.807, 2.05) is 12.1 Å². The number of nitrogens with zero attached hydrogens (tertiary/aromatic N) is 2. The van der Waals surface area contributed by atoms with Crippen LogP contribution in [0.4, 0.5) is 0 Å². The number of carbonyl (C=O) groups excluding carboxylic acids is 1. The molecule has 5 heterocycles. The number of fused-ring (bicyclic) bond motifs is 5. The number of methoxy groups -OCH3 is 2. The highest BCUT2D eigenvalue weighted by atomic mass is 16.6. The Labute approximate surface area is 169 Å². The van der Waals surface area contributed by atoms with Gasteiger partial charge in [-0.15, -0.1) is 0 Å². The number of aliphatic hydroxyl groups is 1. The summed E-state index contributed by atoms with van der Waals surface area (Å²) in [7, 11) is 3.06. The van der Waals surface area contributed by atoms with Crippen LogP contribution in [0.2, 0.25) is 0 Å². The van der Waals surface area contributed by atoms with Crippen LogP contribution in [0.1, 0.15) is 37.1 Å². The maximum Gasteiger partial charge on any atom is 0.360 e. The number of hydrogen-bond acceptors (Lipinski definition) is 6. The van der Waals surface area contributed by atoms with Gasteiger partial charge >= 0.3 is 5.97 Å². The number of aliphatic hydroxyl groups excluding tert-OH is 1. The summed E-state index contributed by atoms with van der Waals surface area (Å²) in [5.74, 6) is 0.346. The lowest BCUT2D eigenvalue weighted by Gasteiger charge is -2.55. The van der Waals surface area contributed by atoms with Crippen molar-refractivity contribution < 1.29 is 24.1 Å². The lowest BCUT2D eigenvalue weighted by atomic mass is 9.62. The summed E-state index contributed by atoms with van der Waals surface area (Å²) in [6, 6.07) is 6.19. The van der Waals surface area contributed by atoms with E-state index in [0.717, 1.165) is 41.7 Å². The van der Waals surface area contributed by atoms with Crippen LogP contribution in [0.3, 0.4) is 0 Å². The van der Waals surface area contributed by atoms with Crippen LogP contribution in [-0.2, 0) is 26.4 Å². The molecule has 0 aliphatic carbocycles. The third kappa shape index (κ3) is 1.83. The Morgan fingerprint density at radius 1 is 1.38 bits per heavy atom. The van der Waals surface area contributed by atoms with Gasteiger partial charge in [-0.25, -0.2) is 4.79 Å². The standard InChI is InChI=1S/C22H26N2O5/c1-4-21-11-22(20(26)28-3)24-15-9-12(27-2)5-6-13(15)14-7-8-23(18(21)17(14)24)10-16(25)19(21)29-22/h5-6,9,16,18-19,25H,4,7-8,10-11H2,1-3H3/t16-,18+,19-,21-,22+/m1/s1. The van der Waals surface area contributed by atoms with E-state index in [0.29, 0.717) is 13.0 Å². The molecule has 0 amide bonds. The Morgan fingerprint density at radius 3 is 2.93 bits per heavy atom. The van der Waals surface area contributed by atoms with Gasteiger partial charge in [0.05, 0.1) is 38.0 Å². The van der Waals surface area contributed by atoms with Gasteiger partial charge in [0.15, 0.2) is 0 Å². The van der Waals surface area contributed by atoms with Gasteiger partial charge < -0.3 is 23.9 Å². The molecule has 2 saturated heterocycles. The number of hydrogen-bond donors (Lipinski definition) is 1. The Hall–Kier alpha value is -2.09. The quantitative estimate of drug-likeness (QED) is 0.797. The predicted molar refractivity (Wildman–Crippen MR) is 105 cm³/mol. The van der Waals surface area contributed by atoms with E-state index in [9.17, 15) is 9.90 Å². The summed E-state index contributed by atoms with van der Waals surface area (Å²) in [6.07, 6.45) is 1.22. The second kappa shape index (κ2) is 5.53. The van der Waals surface area contributed by atoms with Crippen molar-refractivity contribution >= 4 is 16.9 Å². The Morgan fingerprint density at radius 2 is 2.21 bits per heavy atom. The molecular weight excluding hydrogens is 372 g/mol. The maximum atomic E-state index is 13.3. The fourth-order valence-corrected chi connectivity index (χ4v) is 6.80. The third-order valence-corrected chi connectivity index (χ3v) is 7.89. The fourth-order valence-electron chi connectivity index (χ4n) is 6.80. The SMILES string of the molecule is CC[C@]12C[C@@]3(C(=O)OC)O[C@@H]1[C@H](O)CN1CCc4c(n3c3cc(OC)ccc43)[C@H]12. The number of ether oxygens (including phenoxy) is 3. The van der Waals surface area contributed by atoms with Crippen LogP contribution in [0.15, 0.2) is 18.2 Å². The first-order valence-corrected chi connectivity index (χ1v) is 10.4. The fraction of sp³-hybridized carbons (Fsp3) is 0.591. The van der Waals surface area contributed by atoms with E-state index in [1.54, 1.807) is 7.11 Å². The Kier molecular flexibility index (Phi) is 3.38. The van der Waals surface area contributed by atoms with Gasteiger partial charge in [-0.3, -0.25) is 4.90 Å². The van der Waals surface area contributed by atoms with Gasteiger partial charge in [-0.1, -0.05) is 6.92 Å². The van der Waals surface area contributed by atoms with Crippen molar-refractivity contribution in [3.8, 4) is 5.75 Å². The van der Waals surface area contributed by atoms with Crippen molar-refractivity contribution in [3.63, 3.8) is 0 Å². The van der Waals surface area contributed by atoms with E-state index in [4.69, 9.17) is 14.2 Å². The number of carbonyl (C=O) groups is 1. The molecule has 4 aliphatic rings. The normalized spacial score (nSPS) is 37.0. The zero-order valence-corrected chi connectivity index (χ0v) is 17.0. The minimum absolute atomic E-state index is 0.128. The molecule has 2 fully saturated rings. The molecule has 2 bridgehead atoms. The van der Waals surface area contributed by atoms with Gasteiger partial charge in [-0.05, 0) is 30.5 Å². The van der Waals surface area contributed by atoms with Gasteiger partial charge in [-0.2, -0.15) is 0 Å².